The Bertz CT molecular complexity index is 595. The number of fused-ring (bicyclic) bond motifs is 1. The van der Waals surface area contributed by atoms with E-state index in [0.717, 1.165) is 28.0 Å². The van der Waals surface area contributed by atoms with Crippen LogP contribution in [0.1, 0.15) is 26.8 Å². The number of hydrogen-bond donors (Lipinski definition) is 0. The molecule has 0 N–H and O–H groups in total. The first kappa shape index (κ1) is 18.5. The maximum atomic E-state index is 5.69. The summed E-state index contributed by atoms with van der Waals surface area (Å²) in [6.07, 6.45) is 10.7. The van der Waals surface area contributed by atoms with Crippen LogP contribution >= 0.6 is 0 Å². The molecule has 1 nitrogen and oxygen atoms in total. The maximum Gasteiger partial charge on any atom is 0.127 e. The number of rotatable bonds is 3. The fourth-order valence-corrected chi connectivity index (χ4v) is 1.83. The summed E-state index contributed by atoms with van der Waals surface area (Å²) in [5.41, 5.74) is 3.79. The second-order valence-electron chi connectivity index (χ2n) is 3.95. The van der Waals surface area contributed by atoms with Crippen molar-refractivity contribution in [2.75, 3.05) is 6.61 Å². The summed E-state index contributed by atoms with van der Waals surface area (Å²) in [6.45, 7) is 12.3. The summed E-state index contributed by atoms with van der Waals surface area (Å²) in [5, 5.41) is 0. The highest BCUT2D eigenvalue weighted by Gasteiger charge is 2.14. The molecule has 0 atom stereocenters. The lowest BCUT2D eigenvalue weighted by atomic mass is 9.96. The smallest absolute Gasteiger partial charge is 0.127 e. The molecule has 1 heterocycles. The fourth-order valence-electron chi connectivity index (χ4n) is 1.83. The van der Waals surface area contributed by atoms with E-state index in [1.807, 2.05) is 38.1 Å². The third-order valence-corrected chi connectivity index (χ3v) is 2.83. The summed E-state index contributed by atoms with van der Waals surface area (Å²) >= 11 is 0. The van der Waals surface area contributed by atoms with E-state index in [9.17, 15) is 0 Å². The minimum atomic E-state index is 0. The van der Waals surface area contributed by atoms with Crippen molar-refractivity contribution in [2.45, 2.75) is 21.3 Å². The van der Waals surface area contributed by atoms with Crippen molar-refractivity contribution >= 4 is 6.08 Å². The summed E-state index contributed by atoms with van der Waals surface area (Å²) in [7, 11) is 0. The van der Waals surface area contributed by atoms with Gasteiger partial charge in [-0.3, -0.25) is 0 Å². The summed E-state index contributed by atoms with van der Waals surface area (Å²) in [6, 6.07) is 7.91. The molecular formula is C20H24O. The van der Waals surface area contributed by atoms with E-state index < -0.39 is 0 Å². The lowest BCUT2D eigenvalue weighted by Gasteiger charge is -2.19. The lowest BCUT2D eigenvalue weighted by molar-refractivity contribution is 0.350. The molecule has 0 aliphatic carbocycles. The third-order valence-electron chi connectivity index (χ3n) is 2.83. The fraction of sp³-hybridized carbons (Fsp3) is 0.200. The van der Waals surface area contributed by atoms with Crippen LogP contribution in [0.5, 0.6) is 5.75 Å². The van der Waals surface area contributed by atoms with Gasteiger partial charge >= 0.3 is 0 Å². The Morgan fingerprint density at radius 1 is 1.33 bits per heavy atom. The Hall–Kier alpha value is -2.46. The van der Waals surface area contributed by atoms with Gasteiger partial charge in [-0.2, -0.15) is 0 Å². The first-order valence-electron chi connectivity index (χ1n) is 6.67. The molecule has 0 unspecified atom stereocenters. The van der Waals surface area contributed by atoms with Crippen LogP contribution in [0.15, 0.2) is 66.3 Å². The van der Waals surface area contributed by atoms with Gasteiger partial charge in [-0.1, -0.05) is 64.6 Å². The Kier molecular flexibility index (Phi) is 8.34. The molecule has 0 fully saturated rings. The van der Waals surface area contributed by atoms with Crippen molar-refractivity contribution in [1.29, 1.82) is 0 Å². The average molecular weight is 280 g/mol. The molecule has 0 saturated heterocycles. The molecule has 110 valence electrons. The van der Waals surface area contributed by atoms with Crippen LogP contribution in [-0.4, -0.2) is 6.61 Å². The van der Waals surface area contributed by atoms with Crippen LogP contribution in [0.2, 0.25) is 0 Å². The molecule has 0 aromatic heterocycles. The van der Waals surface area contributed by atoms with E-state index in [1.54, 1.807) is 12.2 Å². The predicted molar refractivity (Wildman–Crippen MR) is 94.2 cm³/mol. The number of allylic oxidation sites excluding steroid dienone is 3. The van der Waals surface area contributed by atoms with Crippen LogP contribution in [0.3, 0.4) is 0 Å². The number of hydrogen-bond acceptors (Lipinski definition) is 1. The Morgan fingerprint density at radius 3 is 2.62 bits per heavy atom. The van der Waals surface area contributed by atoms with Crippen molar-refractivity contribution in [2.24, 2.45) is 0 Å². The van der Waals surface area contributed by atoms with E-state index >= 15 is 0 Å². The van der Waals surface area contributed by atoms with Gasteiger partial charge in [0, 0.05) is 5.56 Å². The van der Waals surface area contributed by atoms with Crippen LogP contribution in [0, 0.1) is 12.3 Å². The molecule has 2 rings (SSSR count). The van der Waals surface area contributed by atoms with Gasteiger partial charge in [0.15, 0.2) is 0 Å². The Balaban J connectivity index is 0.00000128. The van der Waals surface area contributed by atoms with Crippen LogP contribution in [0.4, 0.5) is 0 Å². The van der Waals surface area contributed by atoms with E-state index in [1.165, 1.54) is 0 Å². The average Bonchev–Trinajstić information content (AvgIpc) is 2.53. The van der Waals surface area contributed by atoms with Crippen molar-refractivity contribution < 1.29 is 4.74 Å². The highest BCUT2D eigenvalue weighted by Crippen LogP contribution is 2.30. The monoisotopic (exact) mass is 280 g/mol. The lowest BCUT2D eigenvalue weighted by Crippen LogP contribution is -2.09. The van der Waals surface area contributed by atoms with Gasteiger partial charge in [0.25, 0.3) is 0 Å². The largest absolute Gasteiger partial charge is 0.488 e. The molecule has 0 spiro atoms. The second kappa shape index (κ2) is 9.44. The molecule has 1 aromatic rings. The highest BCUT2D eigenvalue weighted by atomic mass is 16.5. The van der Waals surface area contributed by atoms with Crippen LogP contribution in [-0.2, 0) is 0 Å². The molecule has 1 heteroatoms. The molecule has 0 bridgehead atoms. The van der Waals surface area contributed by atoms with Gasteiger partial charge in [0.05, 0.1) is 0 Å². The van der Waals surface area contributed by atoms with Gasteiger partial charge in [0.1, 0.15) is 12.4 Å². The molecular weight excluding hydrogens is 256 g/mol. The van der Waals surface area contributed by atoms with E-state index in [2.05, 4.69) is 25.2 Å². The Labute approximate surface area is 129 Å². The predicted octanol–water partition coefficient (Wildman–Crippen LogP) is 5.43. The molecule has 21 heavy (non-hydrogen) atoms. The standard InChI is InChI=1S/C17H14O.C2H6.CH4/c1-4-8-14(5-2)13(3)16-11-15-9-6-7-10-17(15)18-12-16;1-2;/h1,5-11H,2-3,12H2;1-2H3;1H4/b14-8+;;. The zero-order valence-electron chi connectivity index (χ0n) is 12.1. The minimum absolute atomic E-state index is 0. The summed E-state index contributed by atoms with van der Waals surface area (Å²) < 4.78 is 5.69. The second-order valence-corrected chi connectivity index (χ2v) is 3.95. The molecule has 0 radical (unpaired) electrons. The highest BCUT2D eigenvalue weighted by molar-refractivity contribution is 5.69. The van der Waals surface area contributed by atoms with Crippen molar-refractivity contribution in [3.63, 3.8) is 0 Å². The van der Waals surface area contributed by atoms with Gasteiger partial charge in [0.2, 0.25) is 0 Å². The molecule has 0 saturated carbocycles. The van der Waals surface area contributed by atoms with E-state index in [4.69, 9.17) is 11.2 Å². The van der Waals surface area contributed by atoms with Gasteiger partial charge in [-0.15, -0.1) is 6.42 Å². The van der Waals surface area contributed by atoms with Gasteiger partial charge in [-0.25, -0.2) is 0 Å². The van der Waals surface area contributed by atoms with Crippen LogP contribution < -0.4 is 4.74 Å². The number of benzene rings is 1. The first-order chi connectivity index (χ1) is 9.76. The van der Waals surface area contributed by atoms with Crippen molar-refractivity contribution in [3.8, 4) is 18.1 Å². The van der Waals surface area contributed by atoms with E-state index in [0.29, 0.717) is 6.61 Å². The summed E-state index contributed by atoms with van der Waals surface area (Å²) in [5.74, 6) is 3.39. The molecule has 0 amide bonds. The maximum absolute atomic E-state index is 5.69. The van der Waals surface area contributed by atoms with Gasteiger partial charge in [-0.05, 0) is 34.9 Å². The minimum Gasteiger partial charge on any atom is -0.488 e. The van der Waals surface area contributed by atoms with Crippen molar-refractivity contribution in [1.82, 2.24) is 0 Å². The molecule has 1 aliphatic heterocycles. The number of para-hydroxylation sites is 1. The van der Waals surface area contributed by atoms with E-state index in [-0.39, 0.29) is 7.43 Å². The quantitative estimate of drug-likeness (QED) is 0.530. The summed E-state index contributed by atoms with van der Waals surface area (Å²) in [4.78, 5) is 0. The third kappa shape index (κ3) is 4.54. The number of ether oxygens (including phenoxy) is 1. The molecule has 1 aliphatic rings. The van der Waals surface area contributed by atoms with Crippen molar-refractivity contribution in [3.05, 3.63) is 71.9 Å². The number of terminal acetylenes is 1. The van der Waals surface area contributed by atoms with Crippen LogP contribution in [0.25, 0.3) is 6.08 Å². The van der Waals surface area contributed by atoms with Gasteiger partial charge < -0.3 is 4.74 Å². The molecule has 1 aromatic carbocycles. The Morgan fingerprint density at radius 2 is 2.00 bits per heavy atom. The first-order valence-corrected chi connectivity index (χ1v) is 6.67. The topological polar surface area (TPSA) is 9.23 Å². The normalized spacial score (nSPS) is 12.0. The zero-order chi connectivity index (χ0) is 15.0. The SMILES string of the molecule is C.C#C/C=C(\C=C)C(=C)C1=Cc2ccccc2OC1.CC. The zero-order valence-corrected chi connectivity index (χ0v) is 12.1.